The van der Waals surface area contributed by atoms with Gasteiger partial charge in [-0.15, -0.1) is 0 Å². The Labute approximate surface area is 106 Å². The first-order valence-electron chi connectivity index (χ1n) is 6.07. The van der Waals surface area contributed by atoms with Crippen molar-refractivity contribution in [2.75, 3.05) is 6.54 Å². The number of H-pyrrole nitrogens is 1. The molecule has 2 aromatic rings. The topological polar surface area (TPSA) is 73.8 Å². The second-order valence-corrected chi connectivity index (χ2v) is 4.26. The summed E-state index contributed by atoms with van der Waals surface area (Å²) >= 11 is 0. The van der Waals surface area contributed by atoms with Crippen molar-refractivity contribution in [3.8, 4) is 0 Å². The van der Waals surface area contributed by atoms with E-state index in [9.17, 15) is 0 Å². The minimum absolute atomic E-state index is 0.0820. The van der Waals surface area contributed by atoms with Crippen LogP contribution in [0.5, 0.6) is 0 Å². The maximum absolute atomic E-state index is 9.11. The predicted octanol–water partition coefficient (Wildman–Crippen LogP) is 1.19. The van der Waals surface area contributed by atoms with Gasteiger partial charge in [-0.2, -0.15) is 5.10 Å². The van der Waals surface area contributed by atoms with Crippen molar-refractivity contribution >= 4 is 0 Å². The number of aliphatic hydroxyl groups excluding tert-OH is 1. The number of aromatic nitrogens is 3. The minimum Gasteiger partial charge on any atom is -0.392 e. The second kappa shape index (κ2) is 6.28. The summed E-state index contributed by atoms with van der Waals surface area (Å²) in [6.45, 7) is 3.02. The quantitative estimate of drug-likeness (QED) is 0.716. The Morgan fingerprint density at radius 1 is 1.44 bits per heavy atom. The smallest absolute Gasteiger partial charge is 0.137 e. The van der Waals surface area contributed by atoms with Crippen molar-refractivity contribution in [1.29, 1.82) is 0 Å². The summed E-state index contributed by atoms with van der Waals surface area (Å²) in [5.74, 6) is 0.888. The van der Waals surface area contributed by atoms with Gasteiger partial charge in [0.15, 0.2) is 0 Å². The fourth-order valence-electron chi connectivity index (χ4n) is 1.84. The summed E-state index contributed by atoms with van der Waals surface area (Å²) < 4.78 is 0. The Morgan fingerprint density at radius 2 is 2.33 bits per heavy atom. The van der Waals surface area contributed by atoms with E-state index in [0.717, 1.165) is 24.4 Å². The number of nitrogens with one attached hydrogen (secondary N) is 2. The molecule has 1 aromatic heterocycles. The lowest BCUT2D eigenvalue weighted by atomic mass is 10.1. The van der Waals surface area contributed by atoms with Crippen molar-refractivity contribution in [3.63, 3.8) is 0 Å². The Bertz CT molecular complexity index is 470. The zero-order valence-electron chi connectivity index (χ0n) is 10.4. The average molecular weight is 246 g/mol. The van der Waals surface area contributed by atoms with Crippen LogP contribution in [0, 0.1) is 0 Å². The van der Waals surface area contributed by atoms with Gasteiger partial charge in [-0.3, -0.25) is 5.10 Å². The van der Waals surface area contributed by atoms with Crippen LogP contribution in [0.25, 0.3) is 0 Å². The van der Waals surface area contributed by atoms with Crippen LogP contribution in [0.15, 0.2) is 30.6 Å². The van der Waals surface area contributed by atoms with Crippen LogP contribution in [0.2, 0.25) is 0 Å². The predicted molar refractivity (Wildman–Crippen MR) is 68.9 cm³/mol. The van der Waals surface area contributed by atoms with E-state index in [2.05, 4.69) is 33.5 Å². The molecule has 0 saturated heterocycles. The van der Waals surface area contributed by atoms with Crippen LogP contribution in [0.3, 0.4) is 0 Å². The van der Waals surface area contributed by atoms with E-state index in [0.29, 0.717) is 0 Å². The molecule has 5 heteroatoms. The molecular formula is C13H18N4O. The molecule has 2 rings (SSSR count). The fourth-order valence-corrected chi connectivity index (χ4v) is 1.84. The van der Waals surface area contributed by atoms with Crippen molar-refractivity contribution < 1.29 is 5.11 Å². The molecule has 0 aliphatic heterocycles. The van der Waals surface area contributed by atoms with E-state index >= 15 is 0 Å². The second-order valence-electron chi connectivity index (χ2n) is 4.26. The molecular weight excluding hydrogens is 228 g/mol. The van der Waals surface area contributed by atoms with Crippen LogP contribution >= 0.6 is 0 Å². The number of nitrogens with zero attached hydrogens (tertiary/aromatic N) is 2. The molecule has 18 heavy (non-hydrogen) atoms. The number of hydrogen-bond acceptors (Lipinski definition) is 4. The Balaban J connectivity index is 1.85. The monoisotopic (exact) mass is 246 g/mol. The third-order valence-corrected chi connectivity index (χ3v) is 2.91. The molecule has 0 fully saturated rings. The zero-order chi connectivity index (χ0) is 12.8. The molecule has 0 amide bonds. The lowest BCUT2D eigenvalue weighted by Crippen LogP contribution is -2.21. The Kier molecular flexibility index (Phi) is 4.44. The highest BCUT2D eigenvalue weighted by atomic mass is 16.3. The van der Waals surface area contributed by atoms with E-state index in [4.69, 9.17) is 5.11 Å². The van der Waals surface area contributed by atoms with Gasteiger partial charge < -0.3 is 10.4 Å². The summed E-state index contributed by atoms with van der Waals surface area (Å²) in [5.41, 5.74) is 2.12. The lowest BCUT2D eigenvalue weighted by Gasteiger charge is -2.14. The van der Waals surface area contributed by atoms with Crippen molar-refractivity contribution in [2.45, 2.75) is 26.0 Å². The highest BCUT2D eigenvalue weighted by molar-refractivity contribution is 5.25. The standard InChI is InChI=1S/C13H18N4O/c1-10(12-4-2-3-11(7-12)8-18)14-6-5-13-15-9-16-17-13/h2-4,7,9-10,14,18H,5-6,8H2,1H3,(H,15,16,17). The first-order chi connectivity index (χ1) is 8.79. The molecule has 1 unspecified atom stereocenters. The van der Waals surface area contributed by atoms with Gasteiger partial charge in [0, 0.05) is 19.0 Å². The normalized spacial score (nSPS) is 12.6. The van der Waals surface area contributed by atoms with E-state index in [-0.39, 0.29) is 12.6 Å². The Hall–Kier alpha value is -1.72. The molecule has 3 N–H and O–H groups in total. The molecule has 0 saturated carbocycles. The third-order valence-electron chi connectivity index (χ3n) is 2.91. The van der Waals surface area contributed by atoms with Gasteiger partial charge in [-0.05, 0) is 18.1 Å². The maximum atomic E-state index is 9.11. The number of aliphatic hydroxyl groups is 1. The van der Waals surface area contributed by atoms with Crippen LogP contribution in [-0.2, 0) is 13.0 Å². The first kappa shape index (κ1) is 12.7. The molecule has 5 nitrogen and oxygen atoms in total. The number of hydrogen-bond donors (Lipinski definition) is 3. The summed E-state index contributed by atoms with van der Waals surface area (Å²) in [7, 11) is 0. The molecule has 0 aliphatic rings. The number of aromatic amines is 1. The minimum atomic E-state index is 0.0820. The molecule has 0 aliphatic carbocycles. The average Bonchev–Trinajstić information content (AvgIpc) is 2.92. The summed E-state index contributed by atoms with van der Waals surface area (Å²) in [6, 6.07) is 8.22. The van der Waals surface area contributed by atoms with E-state index in [1.165, 1.54) is 11.9 Å². The van der Waals surface area contributed by atoms with E-state index in [1.807, 2.05) is 18.2 Å². The van der Waals surface area contributed by atoms with Gasteiger partial charge >= 0.3 is 0 Å². The fraction of sp³-hybridized carbons (Fsp3) is 0.385. The van der Waals surface area contributed by atoms with Crippen molar-refractivity contribution in [3.05, 3.63) is 47.5 Å². The highest BCUT2D eigenvalue weighted by Crippen LogP contribution is 2.14. The molecule has 0 radical (unpaired) electrons. The summed E-state index contributed by atoms with van der Waals surface area (Å²) in [6.07, 6.45) is 2.34. The third kappa shape index (κ3) is 3.38. The van der Waals surface area contributed by atoms with Gasteiger partial charge in [-0.25, -0.2) is 4.98 Å². The lowest BCUT2D eigenvalue weighted by molar-refractivity contribution is 0.281. The number of benzene rings is 1. The molecule has 0 bridgehead atoms. The Morgan fingerprint density at radius 3 is 3.06 bits per heavy atom. The highest BCUT2D eigenvalue weighted by Gasteiger charge is 2.05. The van der Waals surface area contributed by atoms with Gasteiger partial charge in [0.2, 0.25) is 0 Å². The van der Waals surface area contributed by atoms with Gasteiger partial charge in [0.1, 0.15) is 12.2 Å². The van der Waals surface area contributed by atoms with Crippen LogP contribution in [0.1, 0.15) is 29.9 Å². The molecule has 1 aromatic carbocycles. The largest absolute Gasteiger partial charge is 0.392 e. The molecule has 1 heterocycles. The van der Waals surface area contributed by atoms with Gasteiger partial charge in [0.25, 0.3) is 0 Å². The summed E-state index contributed by atoms with van der Waals surface area (Å²) in [4.78, 5) is 4.07. The van der Waals surface area contributed by atoms with Crippen molar-refractivity contribution in [2.24, 2.45) is 0 Å². The summed E-state index contributed by atoms with van der Waals surface area (Å²) in [5, 5.41) is 19.2. The zero-order valence-corrected chi connectivity index (χ0v) is 10.4. The molecule has 0 spiro atoms. The number of rotatable bonds is 6. The SMILES string of the molecule is CC(NCCc1ncn[nH]1)c1cccc(CO)c1. The molecule has 96 valence electrons. The van der Waals surface area contributed by atoms with Crippen LogP contribution in [0.4, 0.5) is 0 Å². The first-order valence-corrected chi connectivity index (χ1v) is 6.07. The maximum Gasteiger partial charge on any atom is 0.137 e. The van der Waals surface area contributed by atoms with E-state index in [1.54, 1.807) is 0 Å². The van der Waals surface area contributed by atoms with Gasteiger partial charge in [0.05, 0.1) is 6.61 Å². The van der Waals surface area contributed by atoms with Crippen LogP contribution < -0.4 is 5.32 Å². The van der Waals surface area contributed by atoms with E-state index < -0.39 is 0 Å². The van der Waals surface area contributed by atoms with Gasteiger partial charge in [-0.1, -0.05) is 24.3 Å². The molecule has 1 atom stereocenters. The van der Waals surface area contributed by atoms with Crippen molar-refractivity contribution in [1.82, 2.24) is 20.5 Å². The van der Waals surface area contributed by atoms with Crippen LogP contribution in [-0.4, -0.2) is 26.8 Å².